The molecule has 5 nitrogen and oxygen atoms in total. The second kappa shape index (κ2) is 7.28. The lowest BCUT2D eigenvalue weighted by Crippen LogP contribution is -2.20. The number of carbonyl (C=O) groups excluding carboxylic acids is 2. The number of nitriles is 1. The molecule has 24 heavy (non-hydrogen) atoms. The first-order chi connectivity index (χ1) is 11.7. The average Bonchev–Trinajstić information content (AvgIpc) is 2.97. The average molecular weight is 340 g/mol. The molecule has 0 atom stereocenters. The molecule has 0 fully saturated rings. The summed E-state index contributed by atoms with van der Waals surface area (Å²) >= 11 is 1.45. The van der Waals surface area contributed by atoms with E-state index in [-0.39, 0.29) is 6.61 Å². The van der Waals surface area contributed by atoms with Crippen molar-refractivity contribution in [2.24, 2.45) is 0 Å². The van der Waals surface area contributed by atoms with Gasteiger partial charge >= 0.3 is 5.97 Å². The van der Waals surface area contributed by atoms with Crippen LogP contribution in [0.3, 0.4) is 0 Å². The van der Waals surface area contributed by atoms with Gasteiger partial charge in [0.15, 0.2) is 6.61 Å². The molecule has 1 aromatic carbocycles. The largest absolute Gasteiger partial charge is 0.452 e. The molecule has 0 aliphatic heterocycles. The van der Waals surface area contributed by atoms with Crippen LogP contribution in [-0.4, -0.2) is 18.5 Å². The van der Waals surface area contributed by atoms with Crippen molar-refractivity contribution >= 4 is 28.2 Å². The minimum absolute atomic E-state index is 0.374. The van der Waals surface area contributed by atoms with Crippen molar-refractivity contribution in [2.45, 2.75) is 25.7 Å². The zero-order valence-corrected chi connectivity index (χ0v) is 13.8. The van der Waals surface area contributed by atoms with Gasteiger partial charge in [0, 0.05) is 4.88 Å². The van der Waals surface area contributed by atoms with Gasteiger partial charge in [0.1, 0.15) is 11.1 Å². The highest BCUT2D eigenvalue weighted by molar-refractivity contribution is 7.16. The summed E-state index contributed by atoms with van der Waals surface area (Å²) in [7, 11) is 0. The van der Waals surface area contributed by atoms with Crippen LogP contribution in [0, 0.1) is 11.3 Å². The van der Waals surface area contributed by atoms with E-state index in [1.807, 2.05) is 0 Å². The van der Waals surface area contributed by atoms with Gasteiger partial charge in [-0.15, -0.1) is 11.3 Å². The highest BCUT2D eigenvalue weighted by Crippen LogP contribution is 2.37. The van der Waals surface area contributed by atoms with Crippen LogP contribution in [0.2, 0.25) is 0 Å². The van der Waals surface area contributed by atoms with E-state index in [1.54, 1.807) is 30.3 Å². The molecule has 0 bridgehead atoms. The molecule has 0 unspecified atom stereocenters. The number of amides is 1. The third-order valence-electron chi connectivity index (χ3n) is 3.88. The quantitative estimate of drug-likeness (QED) is 0.866. The van der Waals surface area contributed by atoms with Crippen molar-refractivity contribution in [3.8, 4) is 6.07 Å². The smallest absolute Gasteiger partial charge is 0.338 e. The van der Waals surface area contributed by atoms with E-state index in [9.17, 15) is 14.9 Å². The molecular weight excluding hydrogens is 324 g/mol. The van der Waals surface area contributed by atoms with Crippen molar-refractivity contribution in [2.75, 3.05) is 11.9 Å². The standard InChI is InChI=1S/C18H16N2O3S/c19-10-14-13-8-4-5-9-15(13)24-17(14)20-16(21)11-23-18(22)12-6-2-1-3-7-12/h1-3,6-7H,4-5,8-9,11H2,(H,20,21). The summed E-state index contributed by atoms with van der Waals surface area (Å²) < 4.78 is 5.01. The zero-order valence-electron chi connectivity index (χ0n) is 13.0. The van der Waals surface area contributed by atoms with Crippen LogP contribution < -0.4 is 5.32 Å². The van der Waals surface area contributed by atoms with Gasteiger partial charge in [0.05, 0.1) is 11.1 Å². The van der Waals surface area contributed by atoms with Gasteiger partial charge in [-0.2, -0.15) is 5.26 Å². The van der Waals surface area contributed by atoms with Crippen LogP contribution in [0.5, 0.6) is 0 Å². The number of anilines is 1. The Labute approximate surface area is 143 Å². The first-order valence-corrected chi connectivity index (χ1v) is 8.57. The number of nitrogens with one attached hydrogen (secondary N) is 1. The summed E-state index contributed by atoms with van der Waals surface area (Å²) in [5, 5.41) is 12.6. The molecule has 3 rings (SSSR count). The van der Waals surface area contributed by atoms with E-state index in [2.05, 4.69) is 11.4 Å². The molecule has 1 aliphatic rings. The summed E-state index contributed by atoms with van der Waals surface area (Å²) in [6.07, 6.45) is 4.02. The molecule has 122 valence electrons. The van der Waals surface area contributed by atoms with Gasteiger partial charge in [0.25, 0.3) is 5.91 Å². The van der Waals surface area contributed by atoms with Crippen molar-refractivity contribution in [1.82, 2.24) is 0 Å². The van der Waals surface area contributed by atoms with Gasteiger partial charge in [-0.25, -0.2) is 4.79 Å². The number of hydrogen-bond donors (Lipinski definition) is 1. The second-order valence-corrected chi connectivity index (χ2v) is 6.62. The Morgan fingerprint density at radius 1 is 1.21 bits per heavy atom. The Morgan fingerprint density at radius 3 is 2.71 bits per heavy atom. The third kappa shape index (κ3) is 3.47. The number of hydrogen-bond acceptors (Lipinski definition) is 5. The van der Waals surface area contributed by atoms with Crippen molar-refractivity contribution in [3.63, 3.8) is 0 Å². The molecule has 0 radical (unpaired) electrons. The van der Waals surface area contributed by atoms with E-state index < -0.39 is 11.9 Å². The molecule has 1 aromatic heterocycles. The molecule has 2 aromatic rings. The predicted molar refractivity (Wildman–Crippen MR) is 91.0 cm³/mol. The van der Waals surface area contributed by atoms with Gasteiger partial charge < -0.3 is 10.1 Å². The highest BCUT2D eigenvalue weighted by atomic mass is 32.1. The SMILES string of the molecule is N#Cc1c(NC(=O)COC(=O)c2ccccc2)sc2c1CCCC2. The predicted octanol–water partition coefficient (Wildman–Crippen LogP) is 3.29. The summed E-state index contributed by atoms with van der Waals surface area (Å²) in [6.45, 7) is -0.374. The zero-order chi connectivity index (χ0) is 16.9. The molecule has 0 saturated carbocycles. The number of thiophene rings is 1. The van der Waals surface area contributed by atoms with Gasteiger partial charge in [0.2, 0.25) is 0 Å². The Balaban J connectivity index is 1.62. The van der Waals surface area contributed by atoms with Crippen LogP contribution >= 0.6 is 11.3 Å². The summed E-state index contributed by atoms with van der Waals surface area (Å²) in [4.78, 5) is 25.0. The Bertz CT molecular complexity index is 806. The first-order valence-electron chi connectivity index (χ1n) is 7.75. The molecule has 1 heterocycles. The number of fused-ring (bicyclic) bond motifs is 1. The van der Waals surface area contributed by atoms with Crippen LogP contribution in [-0.2, 0) is 22.4 Å². The lowest BCUT2D eigenvalue weighted by molar-refractivity contribution is -0.119. The molecule has 1 N–H and O–H groups in total. The fourth-order valence-corrected chi connectivity index (χ4v) is 3.98. The molecular formula is C18H16N2O3S. The Morgan fingerprint density at radius 2 is 1.96 bits per heavy atom. The lowest BCUT2D eigenvalue weighted by atomic mass is 9.96. The molecule has 6 heteroatoms. The number of benzene rings is 1. The summed E-state index contributed by atoms with van der Waals surface area (Å²) in [6, 6.07) is 10.7. The normalized spacial score (nSPS) is 12.8. The second-order valence-electron chi connectivity index (χ2n) is 5.52. The van der Waals surface area contributed by atoms with E-state index in [0.29, 0.717) is 16.1 Å². The number of ether oxygens (including phenoxy) is 1. The molecule has 0 spiro atoms. The highest BCUT2D eigenvalue weighted by Gasteiger charge is 2.22. The Hall–Kier alpha value is -2.65. The number of nitrogens with zero attached hydrogens (tertiary/aromatic N) is 1. The number of rotatable bonds is 4. The van der Waals surface area contributed by atoms with Gasteiger partial charge in [-0.05, 0) is 43.4 Å². The van der Waals surface area contributed by atoms with Crippen LogP contribution in [0.1, 0.15) is 39.2 Å². The molecule has 1 aliphatic carbocycles. The van der Waals surface area contributed by atoms with Crippen molar-refractivity contribution in [1.29, 1.82) is 5.26 Å². The van der Waals surface area contributed by atoms with E-state index in [4.69, 9.17) is 4.74 Å². The minimum Gasteiger partial charge on any atom is -0.452 e. The summed E-state index contributed by atoms with van der Waals surface area (Å²) in [5.41, 5.74) is 2.01. The molecule has 0 saturated heterocycles. The van der Waals surface area contributed by atoms with Crippen molar-refractivity contribution in [3.05, 3.63) is 51.9 Å². The van der Waals surface area contributed by atoms with Gasteiger partial charge in [-0.1, -0.05) is 18.2 Å². The fourth-order valence-electron chi connectivity index (χ4n) is 2.72. The maximum atomic E-state index is 12.0. The van der Waals surface area contributed by atoms with Crippen LogP contribution in [0.4, 0.5) is 5.00 Å². The third-order valence-corrected chi connectivity index (χ3v) is 5.09. The maximum absolute atomic E-state index is 12.0. The van der Waals surface area contributed by atoms with Gasteiger partial charge in [-0.3, -0.25) is 4.79 Å². The van der Waals surface area contributed by atoms with Crippen molar-refractivity contribution < 1.29 is 14.3 Å². The number of esters is 1. The fraction of sp³-hybridized carbons (Fsp3) is 0.278. The van der Waals surface area contributed by atoms with Crippen LogP contribution in [0.15, 0.2) is 30.3 Å². The van der Waals surface area contributed by atoms with Crippen LogP contribution in [0.25, 0.3) is 0 Å². The maximum Gasteiger partial charge on any atom is 0.338 e. The van der Waals surface area contributed by atoms with E-state index in [0.717, 1.165) is 31.2 Å². The molecule has 1 amide bonds. The van der Waals surface area contributed by atoms with E-state index in [1.165, 1.54) is 16.2 Å². The monoisotopic (exact) mass is 340 g/mol. The number of aryl methyl sites for hydroxylation is 1. The summed E-state index contributed by atoms with van der Waals surface area (Å²) in [5.74, 6) is -0.980. The lowest BCUT2D eigenvalue weighted by Gasteiger charge is -2.09. The van der Waals surface area contributed by atoms with E-state index >= 15 is 0 Å². The minimum atomic E-state index is -0.545. The topological polar surface area (TPSA) is 79.2 Å². The first kappa shape index (κ1) is 16.2. The Kier molecular flexibility index (Phi) is 4.92. The number of carbonyl (C=O) groups is 2.